The predicted octanol–water partition coefficient (Wildman–Crippen LogP) is 5.06. The smallest absolute Gasteiger partial charge is 0.270 e. The zero-order chi connectivity index (χ0) is 30.0. The molecule has 42 heavy (non-hydrogen) atoms. The zero-order valence-corrected chi connectivity index (χ0v) is 23.3. The summed E-state index contributed by atoms with van der Waals surface area (Å²) in [6.45, 7) is 5.80. The van der Waals surface area contributed by atoms with Gasteiger partial charge in [0.2, 0.25) is 5.91 Å². The van der Waals surface area contributed by atoms with E-state index in [1.807, 2.05) is 6.92 Å². The number of nitrogens with one attached hydrogen (secondary N) is 1. The molecule has 0 fully saturated rings. The van der Waals surface area contributed by atoms with Gasteiger partial charge in [-0.05, 0) is 80.5 Å². The highest BCUT2D eigenvalue weighted by atomic mass is 19.1. The number of pyridine rings is 1. The monoisotopic (exact) mass is 575 g/mol. The Morgan fingerprint density at radius 2 is 1.81 bits per heavy atom. The molecule has 7 nitrogen and oxygen atoms in total. The summed E-state index contributed by atoms with van der Waals surface area (Å²) in [5, 5.41) is 3.00. The number of fused-ring (bicyclic) bond motifs is 1. The van der Waals surface area contributed by atoms with Gasteiger partial charge < -0.3 is 11.1 Å². The van der Waals surface area contributed by atoms with Gasteiger partial charge in [-0.3, -0.25) is 23.9 Å². The second-order valence-corrected chi connectivity index (χ2v) is 10.5. The second-order valence-electron chi connectivity index (χ2n) is 10.5. The number of amides is 1. The van der Waals surface area contributed by atoms with E-state index in [-0.39, 0.29) is 29.8 Å². The van der Waals surface area contributed by atoms with Crippen molar-refractivity contribution in [3.05, 3.63) is 117 Å². The molecule has 4 aromatic rings. The number of hydrogen-bond acceptors (Lipinski definition) is 4. The van der Waals surface area contributed by atoms with Gasteiger partial charge in [-0.2, -0.15) is 0 Å². The summed E-state index contributed by atoms with van der Waals surface area (Å²) in [7, 11) is 0. The summed E-state index contributed by atoms with van der Waals surface area (Å²) in [4.78, 5) is 31.2. The largest absolute Gasteiger partial charge is 0.399 e. The van der Waals surface area contributed by atoms with E-state index in [4.69, 9.17) is 5.73 Å². The molecule has 0 radical (unpaired) electrons. The summed E-state index contributed by atoms with van der Waals surface area (Å²) in [6, 6.07) is 10.2. The van der Waals surface area contributed by atoms with Crippen LogP contribution in [0.15, 0.2) is 66.1 Å². The molecule has 3 N–H and O–H groups in total. The van der Waals surface area contributed by atoms with Gasteiger partial charge in [0.15, 0.2) is 0 Å². The van der Waals surface area contributed by atoms with E-state index >= 15 is 0 Å². The Balaban J connectivity index is 1.54. The fourth-order valence-electron chi connectivity index (χ4n) is 5.75. The van der Waals surface area contributed by atoms with Crippen molar-refractivity contribution in [1.82, 2.24) is 19.7 Å². The number of benzene rings is 2. The number of carbonyl (C=O) groups excluding carboxylic acids is 1. The van der Waals surface area contributed by atoms with E-state index in [0.717, 1.165) is 30.2 Å². The van der Waals surface area contributed by atoms with E-state index in [1.165, 1.54) is 18.2 Å². The summed E-state index contributed by atoms with van der Waals surface area (Å²) >= 11 is 0. The summed E-state index contributed by atoms with van der Waals surface area (Å²) in [5.74, 6) is -2.42. The number of nitrogens with two attached hydrogens (primary N) is 1. The fourth-order valence-corrected chi connectivity index (χ4v) is 5.75. The van der Waals surface area contributed by atoms with Crippen LogP contribution in [0.25, 0.3) is 16.8 Å². The van der Waals surface area contributed by atoms with E-state index in [2.05, 4.69) is 16.9 Å². The molecule has 2 aromatic carbocycles. The first kappa shape index (κ1) is 28.9. The molecule has 0 saturated carbocycles. The van der Waals surface area contributed by atoms with Crippen LogP contribution in [0.2, 0.25) is 0 Å². The van der Waals surface area contributed by atoms with Crippen LogP contribution in [0, 0.1) is 17.5 Å². The highest BCUT2D eigenvalue weighted by Crippen LogP contribution is 2.31. The molecule has 2 heterocycles. The van der Waals surface area contributed by atoms with Gasteiger partial charge in [-0.15, -0.1) is 0 Å². The van der Waals surface area contributed by atoms with Gasteiger partial charge in [-0.1, -0.05) is 18.7 Å². The number of aromatic nitrogens is 3. The second kappa shape index (κ2) is 12.1. The maximum Gasteiger partial charge on any atom is 0.270 e. The van der Waals surface area contributed by atoms with E-state index < -0.39 is 29.4 Å². The van der Waals surface area contributed by atoms with Crippen molar-refractivity contribution in [2.75, 3.05) is 0 Å². The van der Waals surface area contributed by atoms with Crippen LogP contribution in [0.5, 0.6) is 0 Å². The Bertz CT molecular complexity index is 1710. The molecule has 5 rings (SSSR count). The molecule has 1 amide bonds. The van der Waals surface area contributed by atoms with E-state index in [9.17, 15) is 22.8 Å². The van der Waals surface area contributed by atoms with Gasteiger partial charge >= 0.3 is 0 Å². The molecule has 218 valence electrons. The Hall–Kier alpha value is -4.60. The third-order valence-corrected chi connectivity index (χ3v) is 7.62. The van der Waals surface area contributed by atoms with Crippen LogP contribution in [-0.4, -0.2) is 20.3 Å². The Labute approximate surface area is 241 Å². The summed E-state index contributed by atoms with van der Waals surface area (Å²) < 4.78 is 46.0. The highest BCUT2D eigenvalue weighted by molar-refractivity contribution is 5.78. The maximum absolute atomic E-state index is 14.4. The summed E-state index contributed by atoms with van der Waals surface area (Å²) in [6.07, 6.45) is 4.82. The minimum Gasteiger partial charge on any atom is -0.399 e. The number of halogens is 3. The lowest BCUT2D eigenvalue weighted by Gasteiger charge is -2.23. The molecule has 0 aliphatic heterocycles. The summed E-state index contributed by atoms with van der Waals surface area (Å²) in [5.41, 5.74) is 9.40. The van der Waals surface area contributed by atoms with Gasteiger partial charge in [0, 0.05) is 46.9 Å². The van der Waals surface area contributed by atoms with Crippen molar-refractivity contribution in [3.63, 3.8) is 0 Å². The molecule has 10 heteroatoms. The molecular formula is C32H32F3N5O2. The molecule has 0 bridgehead atoms. The lowest BCUT2D eigenvalue weighted by Crippen LogP contribution is -2.36. The first-order valence-electron chi connectivity index (χ1n) is 13.9. The Morgan fingerprint density at radius 1 is 1.07 bits per heavy atom. The van der Waals surface area contributed by atoms with Gasteiger partial charge in [-0.25, -0.2) is 13.2 Å². The maximum atomic E-state index is 14.4. The molecule has 1 aliphatic carbocycles. The Morgan fingerprint density at radius 3 is 2.52 bits per heavy atom. The molecule has 0 saturated heterocycles. The van der Waals surface area contributed by atoms with Crippen LogP contribution < -0.4 is 16.6 Å². The quantitative estimate of drug-likeness (QED) is 0.292. The predicted molar refractivity (Wildman–Crippen MR) is 155 cm³/mol. The van der Waals surface area contributed by atoms with Crippen molar-refractivity contribution in [1.29, 1.82) is 0 Å². The van der Waals surface area contributed by atoms with Crippen LogP contribution in [0.4, 0.5) is 13.2 Å². The standard InChI is InChI=1S/C32H32F3N5O2/c1-3-39-32(42)25-7-4-5-9-29(25)40(39)18-30(41)38-28(15-20-13-22(33)17-23(34)14-20)31-24(8-6-12-37-31)21-10-11-27(35)26(16-21)19(2)36/h6,8,10-14,16-17,28H,2-5,7,9,15,18,36H2,1H3,(H,38,41)/t28-/m0/s1. The molecule has 2 aromatic heterocycles. The van der Waals surface area contributed by atoms with Crippen molar-refractivity contribution >= 4 is 11.6 Å². The van der Waals surface area contributed by atoms with Crippen LogP contribution in [0.3, 0.4) is 0 Å². The highest BCUT2D eigenvalue weighted by Gasteiger charge is 2.26. The van der Waals surface area contributed by atoms with Crippen LogP contribution in [-0.2, 0) is 37.1 Å². The van der Waals surface area contributed by atoms with E-state index in [1.54, 1.807) is 39.8 Å². The van der Waals surface area contributed by atoms with Crippen molar-refractivity contribution < 1.29 is 18.0 Å². The van der Waals surface area contributed by atoms with Crippen molar-refractivity contribution in [3.8, 4) is 11.1 Å². The van der Waals surface area contributed by atoms with E-state index in [0.29, 0.717) is 41.8 Å². The molecule has 1 atom stereocenters. The van der Waals surface area contributed by atoms with Crippen LogP contribution in [0.1, 0.15) is 53.9 Å². The normalized spacial score (nSPS) is 13.4. The lowest BCUT2D eigenvalue weighted by atomic mass is 9.94. The number of rotatable bonds is 9. The minimum atomic E-state index is -0.822. The molecule has 0 spiro atoms. The SMILES string of the molecule is C=C(N)c1cc(-c2cccnc2[C@H](Cc2cc(F)cc(F)c2)NC(=O)Cn2c3c(c(=O)n2CC)CCCC3)ccc1F. The Kier molecular flexibility index (Phi) is 8.33. The first-order chi connectivity index (χ1) is 20.2. The number of hydrogen-bond donors (Lipinski definition) is 2. The molecule has 1 aliphatic rings. The third kappa shape index (κ3) is 5.88. The number of carbonyl (C=O) groups is 1. The van der Waals surface area contributed by atoms with Gasteiger partial charge in [0.05, 0.1) is 11.7 Å². The zero-order valence-electron chi connectivity index (χ0n) is 23.3. The van der Waals surface area contributed by atoms with Gasteiger partial charge in [0.1, 0.15) is 24.0 Å². The van der Waals surface area contributed by atoms with Crippen molar-refractivity contribution in [2.24, 2.45) is 5.73 Å². The average molecular weight is 576 g/mol. The minimum absolute atomic E-state index is 0.0203. The topological polar surface area (TPSA) is 94.9 Å². The fraction of sp³-hybridized carbons (Fsp3) is 0.281. The van der Waals surface area contributed by atoms with Gasteiger partial charge in [0.25, 0.3) is 5.56 Å². The molecular weight excluding hydrogens is 543 g/mol. The third-order valence-electron chi connectivity index (χ3n) is 7.62. The van der Waals surface area contributed by atoms with Crippen LogP contribution >= 0.6 is 0 Å². The average Bonchev–Trinajstić information content (AvgIpc) is 3.22. The first-order valence-corrected chi connectivity index (χ1v) is 13.9. The molecule has 0 unspecified atom stereocenters. The number of nitrogens with zero attached hydrogens (tertiary/aromatic N) is 3. The van der Waals surface area contributed by atoms with Crippen molar-refractivity contribution in [2.45, 2.75) is 58.2 Å². The lowest BCUT2D eigenvalue weighted by molar-refractivity contribution is -0.122.